The van der Waals surface area contributed by atoms with Gasteiger partial charge in [-0.25, -0.2) is 0 Å². The van der Waals surface area contributed by atoms with Gasteiger partial charge in [0.2, 0.25) is 0 Å². The maximum atomic E-state index is 10.2. The Balaban J connectivity index is 0.00000225. The van der Waals surface area contributed by atoms with E-state index in [4.69, 9.17) is 11.6 Å². The number of guanidine groups is 1. The van der Waals surface area contributed by atoms with Crippen molar-refractivity contribution in [2.45, 2.75) is 50.3 Å². The minimum Gasteiger partial charge on any atom is -0.386 e. The summed E-state index contributed by atoms with van der Waals surface area (Å²) in [4.78, 5) is 7.78. The largest absolute Gasteiger partial charge is 0.386 e. The molecule has 1 aliphatic heterocycles. The molecule has 0 bridgehead atoms. The molecule has 2 heterocycles. The van der Waals surface area contributed by atoms with E-state index in [0.717, 1.165) is 29.8 Å². The summed E-state index contributed by atoms with van der Waals surface area (Å²) in [5.41, 5.74) is 0. The molecule has 1 aromatic rings. The van der Waals surface area contributed by atoms with Crippen LogP contribution in [0.15, 0.2) is 17.1 Å². The van der Waals surface area contributed by atoms with E-state index in [-0.39, 0.29) is 24.0 Å². The minimum absolute atomic E-state index is 0. The molecule has 1 saturated carbocycles. The first kappa shape index (κ1) is 21.2. The zero-order valence-corrected chi connectivity index (χ0v) is 18.5. The number of rotatable bonds is 5. The van der Waals surface area contributed by atoms with Crippen molar-refractivity contribution in [3.63, 3.8) is 0 Å². The zero-order chi connectivity index (χ0) is 16.9. The van der Waals surface area contributed by atoms with Crippen molar-refractivity contribution in [2.75, 3.05) is 26.7 Å². The predicted octanol–water partition coefficient (Wildman–Crippen LogP) is 3.23. The quantitative estimate of drug-likeness (QED) is 0.331. The summed E-state index contributed by atoms with van der Waals surface area (Å²) in [6.07, 6.45) is 6.06. The number of halogens is 2. The van der Waals surface area contributed by atoms with Crippen LogP contribution in [0.4, 0.5) is 0 Å². The minimum atomic E-state index is -0.570. The Morgan fingerprint density at radius 1 is 1.40 bits per heavy atom. The van der Waals surface area contributed by atoms with Crippen LogP contribution in [-0.2, 0) is 0 Å². The average Bonchev–Trinajstić information content (AvgIpc) is 3.31. The Morgan fingerprint density at radius 2 is 2.16 bits per heavy atom. The highest BCUT2D eigenvalue weighted by molar-refractivity contribution is 14.0. The second-order valence-corrected chi connectivity index (χ2v) is 8.42. The number of nitrogens with one attached hydrogen (secondary N) is 2. The van der Waals surface area contributed by atoms with Gasteiger partial charge in [-0.1, -0.05) is 24.4 Å². The highest BCUT2D eigenvalue weighted by Crippen LogP contribution is 2.27. The van der Waals surface area contributed by atoms with Crippen molar-refractivity contribution in [3.8, 4) is 0 Å². The fraction of sp³-hybridized carbons (Fsp3) is 0.706. The molecule has 8 heteroatoms. The molecule has 2 fully saturated rings. The third-order valence-corrected chi connectivity index (χ3v) is 6.34. The standard InChI is InChI=1S/C17H27ClN4OS.HI/c1-19-17(20-10-14(23)15-6-7-16(18)24-15)21-12-8-9-22(11-12)13-4-2-3-5-13;/h6-7,12-14,23H,2-5,8-11H2,1H3,(H2,19,20,21);1H. The molecule has 0 spiro atoms. The molecule has 2 unspecified atom stereocenters. The molecule has 2 aliphatic rings. The first-order valence-electron chi connectivity index (χ1n) is 8.80. The molecule has 3 N–H and O–H groups in total. The average molecular weight is 499 g/mol. The third kappa shape index (κ3) is 5.95. The van der Waals surface area contributed by atoms with Crippen molar-refractivity contribution in [3.05, 3.63) is 21.3 Å². The number of hydrogen-bond acceptors (Lipinski definition) is 4. The lowest BCUT2D eigenvalue weighted by Gasteiger charge is -2.24. The molecule has 0 aromatic carbocycles. The van der Waals surface area contributed by atoms with Gasteiger partial charge >= 0.3 is 0 Å². The van der Waals surface area contributed by atoms with Crippen molar-refractivity contribution in [1.29, 1.82) is 0 Å². The Hall–Kier alpha value is -0.0900. The van der Waals surface area contributed by atoms with Crippen molar-refractivity contribution in [1.82, 2.24) is 15.5 Å². The highest BCUT2D eigenvalue weighted by atomic mass is 127. The first-order valence-corrected chi connectivity index (χ1v) is 9.99. The second-order valence-electron chi connectivity index (χ2n) is 6.67. The molecule has 25 heavy (non-hydrogen) atoms. The molecule has 0 radical (unpaired) electrons. The number of aliphatic hydroxyl groups is 1. The first-order chi connectivity index (χ1) is 11.7. The monoisotopic (exact) mass is 498 g/mol. The lowest BCUT2D eigenvalue weighted by atomic mass is 10.2. The highest BCUT2D eigenvalue weighted by Gasteiger charge is 2.30. The van der Waals surface area contributed by atoms with E-state index >= 15 is 0 Å². The lowest BCUT2D eigenvalue weighted by molar-refractivity contribution is 0.184. The maximum absolute atomic E-state index is 10.2. The summed E-state index contributed by atoms with van der Waals surface area (Å²) in [5, 5.41) is 16.9. The van der Waals surface area contributed by atoms with Gasteiger partial charge in [0, 0.05) is 43.6 Å². The Morgan fingerprint density at radius 3 is 2.80 bits per heavy atom. The van der Waals surface area contributed by atoms with E-state index in [0.29, 0.717) is 16.9 Å². The van der Waals surface area contributed by atoms with Gasteiger partial charge in [-0.05, 0) is 31.4 Å². The Bertz CT molecular complexity index is 565. The van der Waals surface area contributed by atoms with Crippen LogP contribution in [0.1, 0.15) is 43.1 Å². The van der Waals surface area contributed by atoms with E-state index in [1.54, 1.807) is 7.05 Å². The third-order valence-electron chi connectivity index (χ3n) is 5.01. The van der Waals surface area contributed by atoms with E-state index < -0.39 is 6.10 Å². The predicted molar refractivity (Wildman–Crippen MR) is 116 cm³/mol. The van der Waals surface area contributed by atoms with Gasteiger partial charge in [-0.3, -0.25) is 9.89 Å². The number of hydrogen-bond donors (Lipinski definition) is 3. The fourth-order valence-corrected chi connectivity index (χ4v) is 4.74. The molecule has 142 valence electrons. The number of aliphatic imine (C=N–C) groups is 1. The van der Waals surface area contributed by atoms with Crippen molar-refractivity contribution in [2.24, 2.45) is 4.99 Å². The Kier molecular flexibility index (Phi) is 8.74. The summed E-state index contributed by atoms with van der Waals surface area (Å²) in [5.74, 6) is 0.759. The molecule has 0 amide bonds. The van der Waals surface area contributed by atoms with Gasteiger partial charge in [-0.15, -0.1) is 35.3 Å². The van der Waals surface area contributed by atoms with Crippen molar-refractivity contribution < 1.29 is 5.11 Å². The zero-order valence-electron chi connectivity index (χ0n) is 14.6. The van der Waals surface area contributed by atoms with Crippen LogP contribution in [0.25, 0.3) is 0 Å². The molecule has 3 rings (SSSR count). The summed E-state index contributed by atoms with van der Waals surface area (Å²) in [6.45, 7) is 2.69. The molecule has 2 atom stereocenters. The second kappa shape index (κ2) is 10.3. The molecule has 1 saturated heterocycles. The summed E-state index contributed by atoms with van der Waals surface area (Å²) >= 11 is 7.33. The van der Waals surface area contributed by atoms with E-state index in [1.807, 2.05) is 12.1 Å². The number of aliphatic hydroxyl groups excluding tert-OH is 1. The summed E-state index contributed by atoms with van der Waals surface area (Å²) < 4.78 is 0.699. The van der Waals surface area contributed by atoms with E-state index in [1.165, 1.54) is 43.6 Å². The lowest BCUT2D eigenvalue weighted by Crippen LogP contribution is -2.46. The molecule has 1 aromatic heterocycles. The van der Waals surface area contributed by atoms with Gasteiger partial charge in [0.05, 0.1) is 4.34 Å². The molecular formula is C17H28ClIN4OS. The number of likely N-dealkylation sites (tertiary alicyclic amines) is 1. The van der Waals surface area contributed by atoms with Crippen LogP contribution >= 0.6 is 46.9 Å². The topological polar surface area (TPSA) is 59.9 Å². The molecular weight excluding hydrogens is 471 g/mol. The van der Waals surface area contributed by atoms with Crippen LogP contribution in [0.2, 0.25) is 4.34 Å². The van der Waals surface area contributed by atoms with Crippen LogP contribution in [-0.4, -0.2) is 54.7 Å². The number of nitrogens with zero attached hydrogens (tertiary/aromatic N) is 2. The van der Waals surface area contributed by atoms with Gasteiger partial charge in [0.1, 0.15) is 6.10 Å². The Labute approximate surface area is 176 Å². The maximum Gasteiger partial charge on any atom is 0.191 e. The van der Waals surface area contributed by atoms with Gasteiger partial charge in [0.25, 0.3) is 0 Å². The van der Waals surface area contributed by atoms with Gasteiger partial charge in [0.15, 0.2) is 5.96 Å². The number of thiophene rings is 1. The van der Waals surface area contributed by atoms with Crippen molar-refractivity contribution >= 4 is 52.9 Å². The smallest absolute Gasteiger partial charge is 0.191 e. The van der Waals surface area contributed by atoms with Crippen LogP contribution in [0, 0.1) is 0 Å². The van der Waals surface area contributed by atoms with Gasteiger partial charge in [-0.2, -0.15) is 0 Å². The summed E-state index contributed by atoms with van der Waals surface area (Å²) in [7, 11) is 1.77. The SMILES string of the molecule is CN=C(NCC(O)c1ccc(Cl)s1)NC1CCN(C2CCCC2)C1.I. The van der Waals surface area contributed by atoms with E-state index in [9.17, 15) is 5.11 Å². The molecule has 1 aliphatic carbocycles. The van der Waals surface area contributed by atoms with Gasteiger partial charge < -0.3 is 15.7 Å². The van der Waals surface area contributed by atoms with Crippen LogP contribution in [0.3, 0.4) is 0 Å². The van der Waals surface area contributed by atoms with E-state index in [2.05, 4.69) is 20.5 Å². The van der Waals surface area contributed by atoms with Crippen LogP contribution < -0.4 is 10.6 Å². The summed E-state index contributed by atoms with van der Waals surface area (Å²) in [6, 6.07) is 4.90. The fourth-order valence-electron chi connectivity index (χ4n) is 3.70. The molecule has 5 nitrogen and oxygen atoms in total. The normalized spacial score (nSPS) is 23.5. The van der Waals surface area contributed by atoms with Crippen LogP contribution in [0.5, 0.6) is 0 Å².